The van der Waals surface area contributed by atoms with Crippen molar-refractivity contribution < 1.29 is 9.59 Å². The molecule has 26 heavy (non-hydrogen) atoms. The zero-order chi connectivity index (χ0) is 19.3. The van der Waals surface area contributed by atoms with E-state index in [1.54, 1.807) is 13.0 Å². The first-order valence-corrected chi connectivity index (χ1v) is 8.80. The maximum Gasteiger partial charge on any atom is 0.429 e. The van der Waals surface area contributed by atoms with Gasteiger partial charge < -0.3 is 0 Å². The number of quaternary nitrogens is 1. The minimum absolute atomic E-state index is 0.00817. The molecular weight excluding hydrogens is 326 g/mol. The predicted octanol–water partition coefficient (Wildman–Crippen LogP) is 4.50. The van der Waals surface area contributed by atoms with Crippen LogP contribution in [0.1, 0.15) is 38.1 Å². The number of Topliss-reactive ketones (excluding diaryl/α,β-unsaturated/α-hetero) is 1. The Morgan fingerprint density at radius 3 is 2.46 bits per heavy atom. The van der Waals surface area contributed by atoms with Crippen LogP contribution in [0.4, 0.5) is 16.3 Å². The van der Waals surface area contributed by atoms with Gasteiger partial charge in [0.2, 0.25) is 0 Å². The van der Waals surface area contributed by atoms with Crippen LogP contribution in [0.5, 0.6) is 0 Å². The molecule has 0 bridgehead atoms. The van der Waals surface area contributed by atoms with E-state index in [0.29, 0.717) is 12.1 Å². The largest absolute Gasteiger partial charge is 0.429 e. The Morgan fingerprint density at radius 1 is 1.15 bits per heavy atom. The van der Waals surface area contributed by atoms with Crippen LogP contribution in [0.2, 0.25) is 0 Å². The van der Waals surface area contributed by atoms with Crippen LogP contribution >= 0.6 is 0 Å². The smallest absolute Gasteiger partial charge is 0.295 e. The number of hydrogen-bond acceptors (Lipinski definition) is 3. The summed E-state index contributed by atoms with van der Waals surface area (Å²) in [6, 6.07) is 11.4. The summed E-state index contributed by atoms with van der Waals surface area (Å²) in [5.41, 5.74) is 3.15. The minimum Gasteiger partial charge on any atom is -0.295 e. The monoisotopic (exact) mass is 352 g/mol. The number of benzene rings is 1. The molecular formula is C21H26N3O2+. The summed E-state index contributed by atoms with van der Waals surface area (Å²) >= 11 is 0. The molecule has 5 nitrogen and oxygen atoms in total. The van der Waals surface area contributed by atoms with Crippen molar-refractivity contribution in [3.05, 3.63) is 42.0 Å². The Hall–Kier alpha value is -2.53. The lowest BCUT2D eigenvalue weighted by molar-refractivity contribution is 0.101. The van der Waals surface area contributed by atoms with Gasteiger partial charge in [0, 0.05) is 17.7 Å². The average molecular weight is 352 g/mol. The number of aromatic nitrogens is 1. The van der Waals surface area contributed by atoms with Gasteiger partial charge in [-0.1, -0.05) is 39.0 Å². The molecule has 1 aliphatic rings. The molecule has 1 aliphatic heterocycles. The van der Waals surface area contributed by atoms with Crippen molar-refractivity contribution in [3.63, 3.8) is 0 Å². The number of amides is 2. The van der Waals surface area contributed by atoms with Crippen LogP contribution in [-0.4, -0.2) is 37.4 Å². The predicted molar refractivity (Wildman–Crippen MR) is 106 cm³/mol. The van der Waals surface area contributed by atoms with E-state index in [1.165, 1.54) is 0 Å². The molecule has 0 spiro atoms. The highest BCUT2D eigenvalue weighted by molar-refractivity contribution is 6.08. The van der Waals surface area contributed by atoms with Gasteiger partial charge in [-0.15, -0.1) is 0 Å². The van der Waals surface area contributed by atoms with Gasteiger partial charge in [0.1, 0.15) is 5.69 Å². The first-order valence-electron chi connectivity index (χ1n) is 8.80. The Bertz CT molecular complexity index is 894. The fraction of sp³-hybridized carbons (Fsp3) is 0.381. The Kier molecular flexibility index (Phi) is 4.23. The number of ketones is 1. The van der Waals surface area contributed by atoms with Crippen molar-refractivity contribution in [3.8, 4) is 11.3 Å². The van der Waals surface area contributed by atoms with E-state index in [2.05, 4.69) is 20.8 Å². The first kappa shape index (κ1) is 18.3. The van der Waals surface area contributed by atoms with Crippen molar-refractivity contribution in [1.82, 2.24) is 9.47 Å². The second-order valence-corrected chi connectivity index (χ2v) is 8.56. The highest BCUT2D eigenvalue weighted by atomic mass is 16.2. The number of hydrogen-bond donors (Lipinski definition) is 0. The van der Waals surface area contributed by atoms with Crippen LogP contribution < -0.4 is 9.38 Å². The quantitative estimate of drug-likeness (QED) is 0.603. The Balaban J connectivity index is 2.08. The summed E-state index contributed by atoms with van der Waals surface area (Å²) in [5.74, 6) is 0.764. The molecule has 3 rings (SSSR count). The number of fused-ring (bicyclic) bond motifs is 1. The van der Waals surface area contributed by atoms with Gasteiger partial charge in [0.15, 0.2) is 5.78 Å². The minimum atomic E-state index is -0.00817. The number of anilines is 1. The molecule has 0 N–H and O–H groups in total. The number of rotatable bonds is 3. The van der Waals surface area contributed by atoms with E-state index in [1.807, 2.05) is 49.3 Å². The standard InChI is InChI=1S/C21H26N3O2/c1-14(25)15-8-7-9-16(12-15)17-10-11-18-19(22-17)24(5,6)20(26)23(18)13-21(2,3)4/h7-12H,13H2,1-6H3/q+1. The number of nitrogens with zero attached hydrogens (tertiary/aromatic N) is 3. The van der Waals surface area contributed by atoms with Gasteiger partial charge >= 0.3 is 6.03 Å². The normalized spacial score (nSPS) is 15.9. The maximum absolute atomic E-state index is 13.0. The average Bonchev–Trinajstić information content (AvgIpc) is 2.74. The second-order valence-electron chi connectivity index (χ2n) is 8.56. The molecule has 136 valence electrons. The van der Waals surface area contributed by atoms with Crippen LogP contribution in [0.25, 0.3) is 11.3 Å². The maximum atomic E-state index is 13.0. The molecule has 0 fully saturated rings. The van der Waals surface area contributed by atoms with Gasteiger partial charge in [0.25, 0.3) is 5.82 Å². The number of carbonyl (C=O) groups is 2. The molecule has 2 amide bonds. The third kappa shape index (κ3) is 3.15. The van der Waals surface area contributed by atoms with Crippen LogP contribution in [0.15, 0.2) is 36.4 Å². The fourth-order valence-electron chi connectivity index (χ4n) is 3.24. The number of carbonyl (C=O) groups excluding carboxylic acids is 2. The third-order valence-corrected chi connectivity index (χ3v) is 4.58. The van der Waals surface area contributed by atoms with Gasteiger partial charge in [0.05, 0.1) is 19.8 Å². The Labute approximate surface area is 154 Å². The molecule has 0 atom stereocenters. The molecule has 0 radical (unpaired) electrons. The van der Waals surface area contributed by atoms with E-state index < -0.39 is 0 Å². The lowest BCUT2D eigenvalue weighted by atomic mass is 9.96. The second kappa shape index (κ2) is 6.02. The summed E-state index contributed by atoms with van der Waals surface area (Å²) in [7, 11) is 3.74. The van der Waals surface area contributed by atoms with Crippen molar-refractivity contribution in [2.24, 2.45) is 5.41 Å². The van der Waals surface area contributed by atoms with Crippen LogP contribution in [0.3, 0.4) is 0 Å². The van der Waals surface area contributed by atoms with Gasteiger partial charge in [-0.05, 0) is 30.5 Å². The summed E-state index contributed by atoms with van der Waals surface area (Å²) in [5, 5.41) is 0. The highest BCUT2D eigenvalue weighted by Crippen LogP contribution is 2.41. The molecule has 2 heterocycles. The van der Waals surface area contributed by atoms with E-state index in [0.717, 1.165) is 22.8 Å². The van der Waals surface area contributed by atoms with E-state index in [-0.39, 0.29) is 21.7 Å². The lowest BCUT2D eigenvalue weighted by Crippen LogP contribution is -2.50. The molecule has 0 saturated carbocycles. The lowest BCUT2D eigenvalue weighted by Gasteiger charge is -2.26. The van der Waals surface area contributed by atoms with E-state index in [9.17, 15) is 9.59 Å². The molecule has 0 unspecified atom stereocenters. The van der Waals surface area contributed by atoms with Gasteiger partial charge in [-0.3, -0.25) is 9.69 Å². The zero-order valence-corrected chi connectivity index (χ0v) is 16.3. The van der Waals surface area contributed by atoms with Gasteiger partial charge in [-0.2, -0.15) is 9.47 Å². The molecule has 2 aromatic rings. The fourth-order valence-corrected chi connectivity index (χ4v) is 3.24. The first-order chi connectivity index (χ1) is 12.0. The Morgan fingerprint density at radius 2 is 1.85 bits per heavy atom. The van der Waals surface area contributed by atoms with Crippen molar-refractivity contribution in [2.45, 2.75) is 27.7 Å². The van der Waals surface area contributed by atoms with E-state index in [4.69, 9.17) is 4.98 Å². The SMILES string of the molecule is CC(=O)c1cccc(-c2ccc3c(n2)[N+](C)(C)C(=O)N3CC(C)(C)C)c1. The molecule has 0 saturated heterocycles. The summed E-state index contributed by atoms with van der Waals surface area (Å²) in [4.78, 5) is 31.3. The summed E-state index contributed by atoms with van der Waals surface area (Å²) in [6.45, 7) is 8.55. The molecule has 5 heteroatoms. The van der Waals surface area contributed by atoms with Crippen LogP contribution in [0, 0.1) is 5.41 Å². The van der Waals surface area contributed by atoms with Crippen LogP contribution in [-0.2, 0) is 0 Å². The van der Waals surface area contributed by atoms with Crippen molar-refractivity contribution in [1.29, 1.82) is 0 Å². The summed E-state index contributed by atoms with van der Waals surface area (Å²) < 4.78 is 0.0889. The number of urea groups is 1. The molecule has 1 aromatic heterocycles. The highest BCUT2D eigenvalue weighted by Gasteiger charge is 2.48. The van der Waals surface area contributed by atoms with Gasteiger partial charge in [-0.25, -0.2) is 4.79 Å². The van der Waals surface area contributed by atoms with Crippen molar-refractivity contribution >= 4 is 23.3 Å². The third-order valence-electron chi connectivity index (χ3n) is 4.58. The van der Waals surface area contributed by atoms with E-state index >= 15 is 0 Å². The zero-order valence-electron chi connectivity index (χ0n) is 16.3. The molecule has 0 aliphatic carbocycles. The van der Waals surface area contributed by atoms with Crippen molar-refractivity contribution in [2.75, 3.05) is 25.5 Å². The summed E-state index contributed by atoms with van der Waals surface area (Å²) in [6.07, 6.45) is 0. The number of pyridine rings is 1. The topological polar surface area (TPSA) is 50.3 Å². The molecule has 1 aromatic carbocycles.